The van der Waals surface area contributed by atoms with Crippen molar-refractivity contribution in [3.8, 4) is 16.9 Å². The van der Waals surface area contributed by atoms with Crippen LogP contribution in [0.25, 0.3) is 11.1 Å². The fraction of sp³-hybridized carbons (Fsp3) is 0.167. The first-order valence-electron chi connectivity index (χ1n) is 9.55. The number of ether oxygens (including phenoxy) is 1. The van der Waals surface area contributed by atoms with Gasteiger partial charge in [0.25, 0.3) is 5.91 Å². The predicted molar refractivity (Wildman–Crippen MR) is 112 cm³/mol. The van der Waals surface area contributed by atoms with Crippen molar-refractivity contribution in [2.24, 2.45) is 0 Å². The van der Waals surface area contributed by atoms with Gasteiger partial charge in [0.05, 0.1) is 5.56 Å². The average molecular weight is 407 g/mol. The standard InChI is InChI=1S/C24H22FNO4/c1-16(23(28)26-15-14-17-2-10-21(25)11-3-17)30-24(29)20-6-4-18(5-7-20)19-8-12-22(27)13-9-19/h2-13,16,27H,14-15H2,1H3,(H,26,28)/t16-/m1/s1. The van der Waals surface area contributed by atoms with Gasteiger partial charge in [0, 0.05) is 6.54 Å². The van der Waals surface area contributed by atoms with Gasteiger partial charge in [-0.15, -0.1) is 0 Å². The van der Waals surface area contributed by atoms with Crippen LogP contribution in [0.3, 0.4) is 0 Å². The lowest BCUT2D eigenvalue weighted by Gasteiger charge is -2.14. The van der Waals surface area contributed by atoms with Crippen molar-refractivity contribution in [2.75, 3.05) is 6.54 Å². The molecule has 0 saturated heterocycles. The molecule has 0 heterocycles. The molecule has 3 aromatic rings. The molecule has 3 rings (SSSR count). The molecule has 6 heteroatoms. The second kappa shape index (κ2) is 9.69. The molecule has 0 radical (unpaired) electrons. The van der Waals surface area contributed by atoms with Crippen molar-refractivity contribution in [1.29, 1.82) is 0 Å². The van der Waals surface area contributed by atoms with Crippen LogP contribution in [0.4, 0.5) is 4.39 Å². The first kappa shape index (κ1) is 21.0. The van der Waals surface area contributed by atoms with Crippen LogP contribution in [-0.4, -0.2) is 29.6 Å². The van der Waals surface area contributed by atoms with E-state index in [0.29, 0.717) is 18.5 Å². The van der Waals surface area contributed by atoms with Gasteiger partial charge in [0.15, 0.2) is 6.10 Å². The van der Waals surface area contributed by atoms with Crippen molar-refractivity contribution in [2.45, 2.75) is 19.4 Å². The Bertz CT molecular complexity index is 999. The van der Waals surface area contributed by atoms with Gasteiger partial charge < -0.3 is 15.2 Å². The third-order valence-electron chi connectivity index (χ3n) is 4.60. The third kappa shape index (κ3) is 5.67. The minimum absolute atomic E-state index is 0.184. The highest BCUT2D eigenvalue weighted by Crippen LogP contribution is 2.22. The molecule has 0 aromatic heterocycles. The summed E-state index contributed by atoms with van der Waals surface area (Å²) in [5.74, 6) is -1.11. The van der Waals surface area contributed by atoms with Crippen LogP contribution in [0.5, 0.6) is 5.75 Å². The van der Waals surface area contributed by atoms with E-state index in [1.54, 1.807) is 60.7 Å². The monoisotopic (exact) mass is 407 g/mol. The molecule has 1 atom stereocenters. The highest BCUT2D eigenvalue weighted by Gasteiger charge is 2.18. The highest BCUT2D eigenvalue weighted by molar-refractivity contribution is 5.92. The maximum Gasteiger partial charge on any atom is 0.338 e. The number of carbonyl (C=O) groups excluding carboxylic acids is 2. The van der Waals surface area contributed by atoms with Crippen LogP contribution in [0.15, 0.2) is 72.8 Å². The molecule has 3 aromatic carbocycles. The van der Waals surface area contributed by atoms with Crippen molar-refractivity contribution in [1.82, 2.24) is 5.32 Å². The molecule has 0 aliphatic heterocycles. The fourth-order valence-electron chi connectivity index (χ4n) is 2.86. The lowest BCUT2D eigenvalue weighted by molar-refractivity contribution is -0.129. The molecule has 0 bridgehead atoms. The summed E-state index contributed by atoms with van der Waals surface area (Å²) in [6.07, 6.45) is -0.395. The van der Waals surface area contributed by atoms with Gasteiger partial charge in [0.1, 0.15) is 11.6 Å². The Balaban J connectivity index is 1.49. The molecule has 0 unspecified atom stereocenters. The quantitative estimate of drug-likeness (QED) is 0.578. The minimum Gasteiger partial charge on any atom is -0.508 e. The normalized spacial score (nSPS) is 11.5. The average Bonchev–Trinajstić information content (AvgIpc) is 2.75. The predicted octanol–water partition coefficient (Wildman–Crippen LogP) is 4.10. The Morgan fingerprint density at radius 1 is 0.933 bits per heavy atom. The summed E-state index contributed by atoms with van der Waals surface area (Å²) >= 11 is 0. The van der Waals surface area contributed by atoms with Crippen LogP contribution < -0.4 is 5.32 Å². The van der Waals surface area contributed by atoms with E-state index in [9.17, 15) is 19.1 Å². The Labute approximate surface area is 174 Å². The summed E-state index contributed by atoms with van der Waals surface area (Å²) < 4.78 is 18.1. The summed E-state index contributed by atoms with van der Waals surface area (Å²) in [5, 5.41) is 12.1. The van der Waals surface area contributed by atoms with Crippen molar-refractivity contribution < 1.29 is 23.8 Å². The summed E-state index contributed by atoms with van der Waals surface area (Å²) in [4.78, 5) is 24.5. The summed E-state index contributed by atoms with van der Waals surface area (Å²) in [6, 6.07) is 19.6. The number of hydrogen-bond donors (Lipinski definition) is 2. The van der Waals surface area contributed by atoms with E-state index in [1.165, 1.54) is 19.1 Å². The van der Waals surface area contributed by atoms with Gasteiger partial charge in [-0.2, -0.15) is 0 Å². The van der Waals surface area contributed by atoms with E-state index < -0.39 is 18.0 Å². The van der Waals surface area contributed by atoms with E-state index in [1.807, 2.05) is 0 Å². The molecule has 0 aliphatic rings. The number of hydrogen-bond acceptors (Lipinski definition) is 4. The Hall–Kier alpha value is -3.67. The number of phenols is 1. The first-order valence-corrected chi connectivity index (χ1v) is 9.55. The largest absolute Gasteiger partial charge is 0.508 e. The number of nitrogens with one attached hydrogen (secondary N) is 1. The third-order valence-corrected chi connectivity index (χ3v) is 4.60. The van der Waals surface area contributed by atoms with Crippen LogP contribution in [0.2, 0.25) is 0 Å². The SMILES string of the molecule is C[C@@H](OC(=O)c1ccc(-c2ccc(O)cc2)cc1)C(=O)NCCc1ccc(F)cc1. The summed E-state index contributed by atoms with van der Waals surface area (Å²) in [6.45, 7) is 1.86. The zero-order valence-electron chi connectivity index (χ0n) is 16.5. The van der Waals surface area contributed by atoms with E-state index in [2.05, 4.69) is 5.32 Å². The topological polar surface area (TPSA) is 75.6 Å². The lowest BCUT2D eigenvalue weighted by atomic mass is 10.0. The minimum atomic E-state index is -0.942. The van der Waals surface area contributed by atoms with Crippen LogP contribution in [0.1, 0.15) is 22.8 Å². The Kier molecular flexibility index (Phi) is 6.80. The number of phenolic OH excluding ortho intramolecular Hbond substituents is 1. The van der Waals surface area contributed by atoms with Gasteiger partial charge in [-0.05, 0) is 66.4 Å². The number of esters is 1. The molecular formula is C24H22FNO4. The van der Waals surface area contributed by atoms with Crippen LogP contribution >= 0.6 is 0 Å². The number of aromatic hydroxyl groups is 1. The molecule has 5 nitrogen and oxygen atoms in total. The van der Waals surface area contributed by atoms with E-state index in [-0.39, 0.29) is 11.6 Å². The second-order valence-corrected chi connectivity index (χ2v) is 6.84. The molecule has 30 heavy (non-hydrogen) atoms. The first-order chi connectivity index (χ1) is 14.4. The molecule has 0 aliphatic carbocycles. The number of carbonyl (C=O) groups is 2. The molecule has 0 fully saturated rings. The van der Waals surface area contributed by atoms with Gasteiger partial charge in [-0.1, -0.05) is 36.4 Å². The van der Waals surface area contributed by atoms with E-state index >= 15 is 0 Å². The van der Waals surface area contributed by atoms with Gasteiger partial charge in [-0.3, -0.25) is 4.79 Å². The van der Waals surface area contributed by atoms with Gasteiger partial charge >= 0.3 is 5.97 Å². The Morgan fingerprint density at radius 2 is 1.50 bits per heavy atom. The molecular weight excluding hydrogens is 385 g/mol. The van der Waals surface area contributed by atoms with Crippen LogP contribution in [0, 0.1) is 5.82 Å². The second-order valence-electron chi connectivity index (χ2n) is 6.84. The van der Waals surface area contributed by atoms with Gasteiger partial charge in [0.2, 0.25) is 0 Å². The van der Waals surface area contributed by atoms with Crippen molar-refractivity contribution in [3.05, 3.63) is 89.7 Å². The number of amides is 1. The maximum atomic E-state index is 12.9. The zero-order chi connectivity index (χ0) is 21.5. The smallest absolute Gasteiger partial charge is 0.338 e. The number of benzene rings is 3. The van der Waals surface area contributed by atoms with E-state index in [4.69, 9.17) is 4.74 Å². The zero-order valence-corrected chi connectivity index (χ0v) is 16.5. The Morgan fingerprint density at radius 3 is 2.10 bits per heavy atom. The highest BCUT2D eigenvalue weighted by atomic mass is 19.1. The number of rotatable bonds is 7. The van der Waals surface area contributed by atoms with Gasteiger partial charge in [-0.25, -0.2) is 9.18 Å². The molecule has 0 spiro atoms. The van der Waals surface area contributed by atoms with Crippen LogP contribution in [-0.2, 0) is 16.0 Å². The summed E-state index contributed by atoms with van der Waals surface area (Å²) in [5.41, 5.74) is 3.03. The van der Waals surface area contributed by atoms with Crippen molar-refractivity contribution >= 4 is 11.9 Å². The maximum absolute atomic E-state index is 12.9. The molecule has 0 saturated carbocycles. The van der Waals surface area contributed by atoms with E-state index in [0.717, 1.165) is 16.7 Å². The fourth-order valence-corrected chi connectivity index (χ4v) is 2.86. The molecule has 154 valence electrons. The lowest BCUT2D eigenvalue weighted by Crippen LogP contribution is -2.36. The number of halogens is 1. The molecule has 2 N–H and O–H groups in total. The summed E-state index contributed by atoms with van der Waals surface area (Å²) in [7, 11) is 0. The molecule has 1 amide bonds. The van der Waals surface area contributed by atoms with Crippen molar-refractivity contribution in [3.63, 3.8) is 0 Å².